The molecule has 0 bridgehead atoms. The van der Waals surface area contributed by atoms with Crippen molar-refractivity contribution >= 4 is 5.78 Å². The van der Waals surface area contributed by atoms with E-state index in [1.54, 1.807) is 0 Å². The molecule has 3 rings (SSSR count). The Kier molecular flexibility index (Phi) is 2.68. The van der Waals surface area contributed by atoms with Gasteiger partial charge in [-0.1, -0.05) is 23.8 Å². The Morgan fingerprint density at radius 3 is 2.74 bits per heavy atom. The SMILES string of the molecule is Cc1ccc(-c2[nH]c3ncc(CN)n3c2C)c(C)c1. The normalized spacial score (nSPS) is 11.4. The van der Waals surface area contributed by atoms with Gasteiger partial charge < -0.3 is 10.7 Å². The number of rotatable bonds is 2. The molecule has 0 aliphatic carbocycles. The Balaban J connectivity index is 2.25. The van der Waals surface area contributed by atoms with E-state index >= 15 is 0 Å². The van der Waals surface area contributed by atoms with Crippen LogP contribution in [0.2, 0.25) is 0 Å². The number of hydrogen-bond donors (Lipinski definition) is 2. The molecular weight excluding hydrogens is 236 g/mol. The summed E-state index contributed by atoms with van der Waals surface area (Å²) in [6.07, 6.45) is 1.82. The maximum atomic E-state index is 5.75. The van der Waals surface area contributed by atoms with Gasteiger partial charge in [0.2, 0.25) is 5.78 Å². The second-order valence-electron chi connectivity index (χ2n) is 5.02. The molecule has 0 spiro atoms. The maximum Gasteiger partial charge on any atom is 0.212 e. The Morgan fingerprint density at radius 2 is 2.05 bits per heavy atom. The summed E-state index contributed by atoms with van der Waals surface area (Å²) in [5.74, 6) is 0.855. The topological polar surface area (TPSA) is 59.1 Å². The molecule has 0 saturated heterocycles. The van der Waals surface area contributed by atoms with Crippen molar-refractivity contribution in [3.63, 3.8) is 0 Å². The van der Waals surface area contributed by atoms with E-state index in [2.05, 4.69) is 53.3 Å². The number of nitrogens with one attached hydrogen (secondary N) is 1. The molecule has 19 heavy (non-hydrogen) atoms. The average Bonchev–Trinajstić information content (AvgIpc) is 2.91. The highest BCUT2D eigenvalue weighted by molar-refractivity contribution is 5.69. The number of fused-ring (bicyclic) bond motifs is 1. The molecule has 3 aromatic rings. The van der Waals surface area contributed by atoms with Crippen LogP contribution in [0.15, 0.2) is 24.4 Å². The molecule has 0 atom stereocenters. The molecule has 1 aromatic carbocycles. The summed E-state index contributed by atoms with van der Waals surface area (Å²) in [7, 11) is 0. The third-order valence-electron chi connectivity index (χ3n) is 3.63. The van der Waals surface area contributed by atoms with Gasteiger partial charge in [0.1, 0.15) is 0 Å². The van der Waals surface area contributed by atoms with Gasteiger partial charge in [0.05, 0.1) is 17.6 Å². The number of hydrogen-bond acceptors (Lipinski definition) is 2. The maximum absolute atomic E-state index is 5.75. The third-order valence-corrected chi connectivity index (χ3v) is 3.63. The van der Waals surface area contributed by atoms with Gasteiger partial charge in [-0.25, -0.2) is 4.98 Å². The fourth-order valence-corrected chi connectivity index (χ4v) is 2.66. The molecule has 2 aromatic heterocycles. The van der Waals surface area contributed by atoms with Crippen molar-refractivity contribution in [2.45, 2.75) is 27.3 Å². The van der Waals surface area contributed by atoms with Crippen LogP contribution in [0.5, 0.6) is 0 Å². The predicted octanol–water partition coefficient (Wildman–Crippen LogP) is 2.71. The van der Waals surface area contributed by atoms with E-state index in [4.69, 9.17) is 5.73 Å². The zero-order chi connectivity index (χ0) is 13.6. The van der Waals surface area contributed by atoms with Crippen LogP contribution in [0.25, 0.3) is 17.0 Å². The summed E-state index contributed by atoms with van der Waals surface area (Å²) in [5, 5.41) is 0. The number of H-pyrrole nitrogens is 1. The van der Waals surface area contributed by atoms with Crippen molar-refractivity contribution in [2.24, 2.45) is 5.73 Å². The summed E-state index contributed by atoms with van der Waals surface area (Å²) in [5.41, 5.74) is 12.8. The quantitative estimate of drug-likeness (QED) is 0.738. The van der Waals surface area contributed by atoms with Crippen LogP contribution in [0, 0.1) is 20.8 Å². The molecule has 4 heteroatoms. The van der Waals surface area contributed by atoms with Crippen LogP contribution >= 0.6 is 0 Å². The first-order valence-electron chi connectivity index (χ1n) is 6.44. The van der Waals surface area contributed by atoms with Gasteiger partial charge in [-0.15, -0.1) is 0 Å². The van der Waals surface area contributed by atoms with Gasteiger partial charge in [0.25, 0.3) is 0 Å². The molecule has 0 amide bonds. The number of aryl methyl sites for hydroxylation is 3. The fourth-order valence-electron chi connectivity index (χ4n) is 2.66. The Labute approximate surface area is 112 Å². The molecule has 98 valence electrons. The lowest BCUT2D eigenvalue weighted by atomic mass is 10.0. The summed E-state index contributed by atoms with van der Waals surface area (Å²) >= 11 is 0. The molecule has 4 nitrogen and oxygen atoms in total. The summed E-state index contributed by atoms with van der Waals surface area (Å²) in [6, 6.07) is 6.49. The Bertz CT molecular complexity index is 749. The van der Waals surface area contributed by atoms with E-state index in [-0.39, 0.29) is 0 Å². The molecule has 0 fully saturated rings. The van der Waals surface area contributed by atoms with E-state index < -0.39 is 0 Å². The van der Waals surface area contributed by atoms with Gasteiger partial charge in [-0.2, -0.15) is 0 Å². The lowest BCUT2D eigenvalue weighted by molar-refractivity contribution is 0.943. The third kappa shape index (κ3) is 1.76. The molecule has 0 aliphatic rings. The van der Waals surface area contributed by atoms with E-state index in [1.807, 2.05) is 6.20 Å². The second-order valence-corrected chi connectivity index (χ2v) is 5.02. The van der Waals surface area contributed by atoms with Crippen LogP contribution in [-0.2, 0) is 6.54 Å². The van der Waals surface area contributed by atoms with Crippen LogP contribution in [0.3, 0.4) is 0 Å². The molecule has 0 aliphatic heterocycles. The molecule has 0 radical (unpaired) electrons. The fraction of sp³-hybridized carbons (Fsp3) is 0.267. The number of nitrogens with two attached hydrogens (primary N) is 1. The van der Waals surface area contributed by atoms with Crippen molar-refractivity contribution in [3.8, 4) is 11.3 Å². The largest absolute Gasteiger partial charge is 0.325 e. The highest BCUT2D eigenvalue weighted by Gasteiger charge is 2.14. The van der Waals surface area contributed by atoms with Gasteiger partial charge in [-0.3, -0.25) is 4.40 Å². The van der Waals surface area contributed by atoms with E-state index in [9.17, 15) is 0 Å². The smallest absolute Gasteiger partial charge is 0.212 e. The van der Waals surface area contributed by atoms with Crippen LogP contribution in [-0.4, -0.2) is 14.4 Å². The molecular formula is C15H18N4. The van der Waals surface area contributed by atoms with E-state index in [0.29, 0.717) is 6.54 Å². The minimum Gasteiger partial charge on any atom is -0.325 e. The second kappa shape index (κ2) is 4.24. The number of aromatic nitrogens is 3. The predicted molar refractivity (Wildman–Crippen MR) is 77.1 cm³/mol. The van der Waals surface area contributed by atoms with Crippen molar-refractivity contribution in [1.82, 2.24) is 14.4 Å². The highest BCUT2D eigenvalue weighted by atomic mass is 15.1. The van der Waals surface area contributed by atoms with Crippen molar-refractivity contribution < 1.29 is 0 Å². The number of aromatic amines is 1. The minimum absolute atomic E-state index is 0.492. The van der Waals surface area contributed by atoms with Crippen molar-refractivity contribution in [3.05, 3.63) is 46.9 Å². The summed E-state index contributed by atoms with van der Waals surface area (Å²) < 4.78 is 2.09. The molecule has 2 heterocycles. The standard InChI is InChI=1S/C15H18N4/c1-9-4-5-13(10(2)6-9)14-11(3)19-12(7-16)8-17-15(19)18-14/h4-6,8H,7,16H2,1-3H3,(H,17,18). The minimum atomic E-state index is 0.492. The van der Waals surface area contributed by atoms with Gasteiger partial charge >= 0.3 is 0 Å². The first-order chi connectivity index (χ1) is 9.11. The zero-order valence-electron chi connectivity index (χ0n) is 11.5. The van der Waals surface area contributed by atoms with Gasteiger partial charge in [0, 0.05) is 17.8 Å². The zero-order valence-corrected chi connectivity index (χ0v) is 11.5. The lowest BCUT2D eigenvalue weighted by Gasteiger charge is -2.06. The van der Waals surface area contributed by atoms with E-state index in [0.717, 1.165) is 22.9 Å². The van der Waals surface area contributed by atoms with Gasteiger partial charge in [-0.05, 0) is 26.3 Å². The summed E-state index contributed by atoms with van der Waals surface area (Å²) in [4.78, 5) is 7.76. The highest BCUT2D eigenvalue weighted by Crippen LogP contribution is 2.27. The first kappa shape index (κ1) is 12.0. The summed E-state index contributed by atoms with van der Waals surface area (Å²) in [6.45, 7) is 6.83. The first-order valence-corrected chi connectivity index (χ1v) is 6.44. The average molecular weight is 254 g/mol. The molecule has 3 N–H and O–H groups in total. The van der Waals surface area contributed by atoms with Crippen molar-refractivity contribution in [1.29, 1.82) is 0 Å². The number of nitrogens with zero attached hydrogens (tertiary/aromatic N) is 2. The van der Waals surface area contributed by atoms with Crippen LogP contribution < -0.4 is 5.73 Å². The molecule has 0 saturated carbocycles. The van der Waals surface area contributed by atoms with Crippen LogP contribution in [0.4, 0.5) is 0 Å². The Morgan fingerprint density at radius 1 is 1.26 bits per heavy atom. The lowest BCUT2D eigenvalue weighted by Crippen LogP contribution is -2.01. The monoisotopic (exact) mass is 254 g/mol. The van der Waals surface area contributed by atoms with Crippen molar-refractivity contribution in [2.75, 3.05) is 0 Å². The van der Waals surface area contributed by atoms with E-state index in [1.165, 1.54) is 16.7 Å². The van der Waals surface area contributed by atoms with Gasteiger partial charge in [0.15, 0.2) is 0 Å². The Hall–Kier alpha value is -2.07. The number of imidazole rings is 2. The van der Waals surface area contributed by atoms with Crippen LogP contribution in [0.1, 0.15) is 22.5 Å². The molecule has 0 unspecified atom stereocenters. The number of benzene rings is 1.